The Labute approximate surface area is 158 Å². The van der Waals surface area contributed by atoms with E-state index in [9.17, 15) is 14.0 Å². The predicted molar refractivity (Wildman–Crippen MR) is 102 cm³/mol. The van der Waals surface area contributed by atoms with Crippen molar-refractivity contribution in [3.63, 3.8) is 0 Å². The molecule has 1 aromatic heterocycles. The van der Waals surface area contributed by atoms with E-state index in [1.165, 1.54) is 18.2 Å². The lowest BCUT2D eigenvalue weighted by molar-refractivity contribution is -0.122. The molecule has 0 bridgehead atoms. The normalized spacial score (nSPS) is 15.4. The first-order chi connectivity index (χ1) is 12.9. The second-order valence-electron chi connectivity index (χ2n) is 7.72. The number of carbonyl (C=O) groups is 1. The Bertz CT molecular complexity index is 841. The van der Waals surface area contributed by atoms with Crippen LogP contribution in [-0.4, -0.2) is 15.9 Å². The van der Waals surface area contributed by atoms with Gasteiger partial charge in [0.05, 0.1) is 11.7 Å². The fourth-order valence-electron chi connectivity index (χ4n) is 3.29. The van der Waals surface area contributed by atoms with Gasteiger partial charge in [-0.2, -0.15) is 0 Å². The summed E-state index contributed by atoms with van der Waals surface area (Å²) in [6.07, 6.45) is 4.03. The van der Waals surface area contributed by atoms with E-state index in [2.05, 4.69) is 15.3 Å². The van der Waals surface area contributed by atoms with E-state index < -0.39 is 0 Å². The van der Waals surface area contributed by atoms with E-state index in [-0.39, 0.29) is 29.2 Å². The van der Waals surface area contributed by atoms with Crippen molar-refractivity contribution in [3.8, 4) is 0 Å². The summed E-state index contributed by atoms with van der Waals surface area (Å²) in [5.41, 5.74) is 1.26. The monoisotopic (exact) mass is 371 g/mol. The third-order valence-corrected chi connectivity index (χ3v) is 4.92. The highest BCUT2D eigenvalue weighted by atomic mass is 19.1. The molecule has 2 aromatic rings. The summed E-state index contributed by atoms with van der Waals surface area (Å²) in [7, 11) is 0. The van der Waals surface area contributed by atoms with Gasteiger partial charge in [-0.3, -0.25) is 9.59 Å². The van der Waals surface area contributed by atoms with Crippen molar-refractivity contribution in [2.75, 3.05) is 0 Å². The molecule has 144 valence electrons. The molecule has 3 rings (SSSR count). The number of benzene rings is 1. The Morgan fingerprint density at radius 1 is 1.30 bits per heavy atom. The molecule has 1 aliphatic carbocycles. The van der Waals surface area contributed by atoms with Gasteiger partial charge < -0.3 is 10.3 Å². The summed E-state index contributed by atoms with van der Waals surface area (Å²) < 4.78 is 13.3. The number of amides is 1. The van der Waals surface area contributed by atoms with Gasteiger partial charge >= 0.3 is 0 Å². The van der Waals surface area contributed by atoms with Gasteiger partial charge in [0.1, 0.15) is 11.6 Å². The molecule has 1 atom stereocenters. The maximum atomic E-state index is 13.3. The highest BCUT2D eigenvalue weighted by molar-refractivity contribution is 5.76. The number of carbonyl (C=O) groups excluding carboxylic acids is 1. The number of hydrogen-bond donors (Lipinski definition) is 2. The highest BCUT2D eigenvalue weighted by Crippen LogP contribution is 2.34. The zero-order valence-corrected chi connectivity index (χ0v) is 15.8. The molecular formula is C21H26FN3O2. The first-order valence-electron chi connectivity index (χ1n) is 9.55. The minimum absolute atomic E-state index is 0.0663. The zero-order valence-electron chi connectivity index (χ0n) is 15.8. The van der Waals surface area contributed by atoms with Crippen LogP contribution in [0.2, 0.25) is 0 Å². The Morgan fingerprint density at radius 2 is 2.00 bits per heavy atom. The molecular weight excluding hydrogens is 345 g/mol. The third-order valence-electron chi connectivity index (χ3n) is 4.92. The van der Waals surface area contributed by atoms with Crippen LogP contribution >= 0.6 is 0 Å². The van der Waals surface area contributed by atoms with Crippen LogP contribution in [0, 0.1) is 11.7 Å². The molecule has 1 aromatic carbocycles. The van der Waals surface area contributed by atoms with E-state index in [4.69, 9.17) is 0 Å². The first kappa shape index (κ1) is 19.3. The summed E-state index contributed by atoms with van der Waals surface area (Å²) >= 11 is 0. The van der Waals surface area contributed by atoms with Crippen molar-refractivity contribution < 1.29 is 9.18 Å². The molecule has 6 heteroatoms. The second-order valence-corrected chi connectivity index (χ2v) is 7.72. The number of nitrogens with zero attached hydrogens (tertiary/aromatic N) is 1. The van der Waals surface area contributed by atoms with Gasteiger partial charge in [-0.1, -0.05) is 32.4 Å². The fraction of sp³-hybridized carbons (Fsp3) is 0.476. The highest BCUT2D eigenvalue weighted by Gasteiger charge is 2.23. The summed E-state index contributed by atoms with van der Waals surface area (Å²) in [6.45, 7) is 3.96. The number of halogens is 1. The van der Waals surface area contributed by atoms with Gasteiger partial charge in [0, 0.05) is 24.8 Å². The maximum absolute atomic E-state index is 13.3. The number of nitrogens with one attached hydrogen (secondary N) is 2. The van der Waals surface area contributed by atoms with Crippen LogP contribution in [0.25, 0.3) is 0 Å². The van der Waals surface area contributed by atoms with Gasteiger partial charge in [-0.05, 0) is 36.5 Å². The Kier molecular flexibility index (Phi) is 6.04. The van der Waals surface area contributed by atoms with E-state index in [0.29, 0.717) is 24.5 Å². The molecule has 1 amide bonds. The molecule has 5 nitrogen and oxygen atoms in total. The van der Waals surface area contributed by atoms with Crippen molar-refractivity contribution in [1.29, 1.82) is 0 Å². The Balaban J connectivity index is 1.84. The minimum Gasteiger partial charge on any atom is -0.349 e. The summed E-state index contributed by atoms with van der Waals surface area (Å²) in [5, 5.41) is 3.02. The molecule has 1 aliphatic rings. The van der Waals surface area contributed by atoms with Crippen LogP contribution in [0.5, 0.6) is 0 Å². The second kappa shape index (κ2) is 8.46. The van der Waals surface area contributed by atoms with Crippen molar-refractivity contribution in [2.45, 2.75) is 57.9 Å². The molecule has 0 aliphatic heterocycles. The SMILES string of the molecule is CC(C)CC(=O)NC(Cc1cc(=O)[nH]c(C2CCC2)n1)c1ccc(F)cc1. The van der Waals surface area contributed by atoms with Crippen LogP contribution in [0.1, 0.15) is 68.6 Å². The molecule has 0 saturated heterocycles. The molecule has 27 heavy (non-hydrogen) atoms. The molecule has 1 heterocycles. The van der Waals surface area contributed by atoms with Gasteiger partial charge in [0.2, 0.25) is 5.91 Å². The van der Waals surface area contributed by atoms with Crippen LogP contribution in [-0.2, 0) is 11.2 Å². The summed E-state index contributed by atoms with van der Waals surface area (Å²) in [4.78, 5) is 31.8. The zero-order chi connectivity index (χ0) is 19.4. The predicted octanol–water partition coefficient (Wildman–Crippen LogP) is 3.62. The van der Waals surface area contributed by atoms with E-state index in [1.807, 2.05) is 13.8 Å². The third kappa shape index (κ3) is 5.25. The Hall–Kier alpha value is -2.50. The van der Waals surface area contributed by atoms with Crippen molar-refractivity contribution in [3.05, 3.63) is 63.6 Å². The van der Waals surface area contributed by atoms with Crippen molar-refractivity contribution in [2.24, 2.45) is 5.92 Å². The molecule has 0 spiro atoms. The van der Waals surface area contributed by atoms with Gasteiger partial charge in [-0.25, -0.2) is 9.37 Å². The van der Waals surface area contributed by atoms with Crippen LogP contribution in [0.3, 0.4) is 0 Å². The van der Waals surface area contributed by atoms with Crippen LogP contribution in [0.4, 0.5) is 4.39 Å². The number of rotatable bonds is 7. The van der Waals surface area contributed by atoms with Gasteiger partial charge in [0.25, 0.3) is 5.56 Å². The lowest BCUT2D eigenvalue weighted by atomic mass is 9.85. The number of H-pyrrole nitrogens is 1. The van der Waals surface area contributed by atoms with Gasteiger partial charge in [0.15, 0.2) is 0 Å². The lowest BCUT2D eigenvalue weighted by Gasteiger charge is -2.25. The van der Waals surface area contributed by atoms with E-state index >= 15 is 0 Å². The fourth-order valence-corrected chi connectivity index (χ4v) is 3.29. The number of hydrogen-bond acceptors (Lipinski definition) is 3. The quantitative estimate of drug-likeness (QED) is 0.780. The minimum atomic E-state index is -0.361. The van der Waals surface area contributed by atoms with Crippen molar-refractivity contribution in [1.82, 2.24) is 15.3 Å². The van der Waals surface area contributed by atoms with E-state index in [0.717, 1.165) is 30.7 Å². The average Bonchev–Trinajstić information content (AvgIpc) is 2.52. The van der Waals surface area contributed by atoms with Crippen LogP contribution in [0.15, 0.2) is 35.1 Å². The van der Waals surface area contributed by atoms with Crippen LogP contribution < -0.4 is 10.9 Å². The standard InChI is InChI=1S/C21H26FN3O2/c1-13(2)10-19(26)24-18(14-6-8-16(22)9-7-14)11-17-12-20(27)25-21(23-17)15-4-3-5-15/h6-9,12-13,15,18H,3-5,10-11H2,1-2H3,(H,24,26)(H,23,25,27). The molecule has 1 unspecified atom stereocenters. The molecule has 0 radical (unpaired) electrons. The topological polar surface area (TPSA) is 74.8 Å². The Morgan fingerprint density at radius 3 is 2.59 bits per heavy atom. The van der Waals surface area contributed by atoms with Crippen molar-refractivity contribution >= 4 is 5.91 Å². The summed E-state index contributed by atoms with van der Waals surface area (Å²) in [5.74, 6) is 0.894. The molecule has 1 fully saturated rings. The number of aromatic nitrogens is 2. The first-order valence-corrected chi connectivity index (χ1v) is 9.55. The summed E-state index contributed by atoms with van der Waals surface area (Å²) in [6, 6.07) is 7.20. The smallest absolute Gasteiger partial charge is 0.251 e. The largest absolute Gasteiger partial charge is 0.349 e. The maximum Gasteiger partial charge on any atom is 0.251 e. The van der Waals surface area contributed by atoms with E-state index in [1.54, 1.807) is 12.1 Å². The van der Waals surface area contributed by atoms with Gasteiger partial charge in [-0.15, -0.1) is 0 Å². The average molecular weight is 371 g/mol. The molecule has 2 N–H and O–H groups in total. The number of aromatic amines is 1. The lowest BCUT2D eigenvalue weighted by Crippen LogP contribution is -2.31. The molecule has 1 saturated carbocycles.